The van der Waals surface area contributed by atoms with Gasteiger partial charge in [-0.1, -0.05) is 11.6 Å². The van der Waals surface area contributed by atoms with E-state index < -0.39 is 0 Å². The molecule has 5 heteroatoms. The smallest absolute Gasteiger partial charge is 0.203 e. The Labute approximate surface area is 152 Å². The van der Waals surface area contributed by atoms with E-state index in [0.717, 1.165) is 16.5 Å². The molecule has 134 valence electrons. The Morgan fingerprint density at radius 2 is 1.69 bits per heavy atom. The van der Waals surface area contributed by atoms with Gasteiger partial charge in [0.15, 0.2) is 17.3 Å². The van der Waals surface area contributed by atoms with E-state index in [1.54, 1.807) is 18.2 Å². The number of nitrogens with one attached hydrogen (secondary N) is 1. The van der Waals surface area contributed by atoms with Crippen LogP contribution >= 0.6 is 0 Å². The molecule has 0 fully saturated rings. The summed E-state index contributed by atoms with van der Waals surface area (Å²) in [5.41, 5.74) is 3.63. The van der Waals surface area contributed by atoms with E-state index >= 15 is 0 Å². The number of fused-ring (bicyclic) bond motifs is 1. The van der Waals surface area contributed by atoms with E-state index in [1.807, 2.05) is 31.3 Å². The number of rotatable bonds is 6. The number of carbonyl (C=O) groups is 1. The molecule has 26 heavy (non-hydrogen) atoms. The second kappa shape index (κ2) is 7.35. The predicted octanol–water partition coefficient (Wildman–Crippen LogP) is 4.40. The maximum atomic E-state index is 12.6. The normalized spacial score (nSPS) is 11.1. The fraction of sp³-hybridized carbons (Fsp3) is 0.190. The summed E-state index contributed by atoms with van der Waals surface area (Å²) in [5, 5.41) is 1.08. The van der Waals surface area contributed by atoms with Gasteiger partial charge in [-0.25, -0.2) is 0 Å². The van der Waals surface area contributed by atoms with Crippen molar-refractivity contribution in [1.82, 2.24) is 4.98 Å². The summed E-state index contributed by atoms with van der Waals surface area (Å²) in [5.74, 6) is 1.21. The molecule has 1 aromatic heterocycles. The first-order chi connectivity index (χ1) is 12.6. The van der Waals surface area contributed by atoms with Gasteiger partial charge in [0.05, 0.1) is 21.3 Å². The summed E-state index contributed by atoms with van der Waals surface area (Å²) in [6.07, 6.45) is 5.25. The van der Waals surface area contributed by atoms with E-state index in [9.17, 15) is 4.79 Å². The number of H-pyrrole nitrogens is 1. The number of carbonyl (C=O) groups excluding carboxylic acids is 1. The summed E-state index contributed by atoms with van der Waals surface area (Å²) in [6.45, 7) is 2.04. The first-order valence-electron chi connectivity index (χ1n) is 8.17. The van der Waals surface area contributed by atoms with Crippen LogP contribution in [-0.2, 0) is 0 Å². The van der Waals surface area contributed by atoms with Crippen molar-refractivity contribution in [3.63, 3.8) is 0 Å². The van der Waals surface area contributed by atoms with E-state index in [4.69, 9.17) is 14.2 Å². The van der Waals surface area contributed by atoms with Crippen molar-refractivity contribution in [3.05, 3.63) is 59.3 Å². The molecule has 0 aliphatic carbocycles. The first kappa shape index (κ1) is 17.6. The standard InChI is InChI=1S/C21H21NO4/c1-13-5-7-17-16(9-13)14(12-22-17)6-8-18(23)15-10-19(24-2)21(26-4)20(11-15)25-3/h5-12,22H,1-4H3. The molecule has 0 saturated carbocycles. The predicted molar refractivity (Wildman–Crippen MR) is 102 cm³/mol. The zero-order chi connectivity index (χ0) is 18.7. The molecule has 2 aromatic carbocycles. The fourth-order valence-corrected chi connectivity index (χ4v) is 2.88. The molecule has 0 atom stereocenters. The second-order valence-corrected chi connectivity index (χ2v) is 5.90. The van der Waals surface area contributed by atoms with Crippen molar-refractivity contribution in [2.75, 3.05) is 21.3 Å². The number of methoxy groups -OCH3 is 3. The molecule has 5 nitrogen and oxygen atoms in total. The Bertz CT molecular complexity index is 960. The highest BCUT2D eigenvalue weighted by Crippen LogP contribution is 2.38. The van der Waals surface area contributed by atoms with Gasteiger partial charge in [-0.2, -0.15) is 0 Å². The SMILES string of the molecule is COc1cc(C(=O)C=Cc2c[nH]c3ccc(C)cc23)cc(OC)c1OC. The number of ketones is 1. The lowest BCUT2D eigenvalue weighted by molar-refractivity contribution is 0.104. The number of aryl methyl sites for hydroxylation is 1. The number of hydrogen-bond donors (Lipinski definition) is 1. The van der Waals surface area contributed by atoms with Crippen LogP contribution in [0, 0.1) is 6.92 Å². The molecular weight excluding hydrogens is 330 g/mol. The van der Waals surface area contributed by atoms with Crippen molar-refractivity contribution in [2.45, 2.75) is 6.92 Å². The third-order valence-electron chi connectivity index (χ3n) is 4.23. The largest absolute Gasteiger partial charge is 0.493 e. The van der Waals surface area contributed by atoms with Gasteiger partial charge in [0.25, 0.3) is 0 Å². The van der Waals surface area contributed by atoms with E-state index in [1.165, 1.54) is 26.9 Å². The van der Waals surface area contributed by atoms with Gasteiger partial charge >= 0.3 is 0 Å². The van der Waals surface area contributed by atoms with Crippen LogP contribution in [0.3, 0.4) is 0 Å². The fourth-order valence-electron chi connectivity index (χ4n) is 2.88. The average Bonchev–Trinajstić information content (AvgIpc) is 3.06. The molecule has 0 amide bonds. The Kier molecular flexibility index (Phi) is 4.98. The highest BCUT2D eigenvalue weighted by Gasteiger charge is 2.15. The second-order valence-electron chi connectivity index (χ2n) is 5.90. The minimum absolute atomic E-state index is 0.147. The zero-order valence-corrected chi connectivity index (χ0v) is 15.3. The number of aromatic nitrogens is 1. The van der Waals surface area contributed by atoms with Crippen LogP contribution in [0.15, 0.2) is 42.6 Å². The van der Waals surface area contributed by atoms with E-state index in [2.05, 4.69) is 11.1 Å². The molecule has 3 rings (SSSR count). The zero-order valence-electron chi connectivity index (χ0n) is 15.3. The van der Waals surface area contributed by atoms with Crippen LogP contribution in [0.1, 0.15) is 21.5 Å². The summed E-state index contributed by atoms with van der Waals surface area (Å²) in [6, 6.07) is 9.46. The van der Waals surface area contributed by atoms with Gasteiger partial charge < -0.3 is 19.2 Å². The lowest BCUT2D eigenvalue weighted by Gasteiger charge is -2.13. The summed E-state index contributed by atoms with van der Waals surface area (Å²) >= 11 is 0. The molecule has 0 saturated heterocycles. The van der Waals surface area contributed by atoms with Crippen LogP contribution in [0.4, 0.5) is 0 Å². The molecule has 0 bridgehead atoms. The molecule has 0 spiro atoms. The Balaban J connectivity index is 1.94. The van der Waals surface area contributed by atoms with Crippen LogP contribution in [0.5, 0.6) is 17.2 Å². The Morgan fingerprint density at radius 1 is 1.00 bits per heavy atom. The van der Waals surface area contributed by atoms with Gasteiger partial charge in [-0.15, -0.1) is 0 Å². The lowest BCUT2D eigenvalue weighted by atomic mass is 10.1. The Hall–Kier alpha value is -3.21. The molecular formula is C21H21NO4. The van der Waals surface area contributed by atoms with Gasteiger partial charge in [-0.3, -0.25) is 4.79 Å². The van der Waals surface area contributed by atoms with Crippen LogP contribution in [0.25, 0.3) is 17.0 Å². The van der Waals surface area contributed by atoms with Gasteiger partial charge in [-0.05, 0) is 48.9 Å². The summed E-state index contributed by atoms with van der Waals surface area (Å²) in [7, 11) is 4.58. The highest BCUT2D eigenvalue weighted by molar-refractivity contribution is 6.08. The summed E-state index contributed by atoms with van der Waals surface area (Å²) in [4.78, 5) is 15.8. The topological polar surface area (TPSA) is 60.6 Å². The molecule has 0 unspecified atom stereocenters. The van der Waals surface area contributed by atoms with Crippen LogP contribution in [0.2, 0.25) is 0 Å². The molecule has 0 radical (unpaired) electrons. The van der Waals surface area contributed by atoms with E-state index in [-0.39, 0.29) is 5.78 Å². The third kappa shape index (κ3) is 3.28. The maximum Gasteiger partial charge on any atom is 0.203 e. The van der Waals surface area contributed by atoms with Crippen molar-refractivity contribution < 1.29 is 19.0 Å². The molecule has 1 heterocycles. The quantitative estimate of drug-likeness (QED) is 0.528. The Morgan fingerprint density at radius 3 is 2.31 bits per heavy atom. The van der Waals surface area contributed by atoms with Gasteiger partial charge in [0.1, 0.15) is 0 Å². The minimum atomic E-state index is -0.147. The number of ether oxygens (including phenoxy) is 3. The van der Waals surface area contributed by atoms with Crippen LogP contribution in [-0.4, -0.2) is 32.1 Å². The monoisotopic (exact) mass is 351 g/mol. The van der Waals surface area contributed by atoms with Gasteiger partial charge in [0, 0.05) is 22.7 Å². The molecule has 0 aliphatic heterocycles. The highest BCUT2D eigenvalue weighted by atomic mass is 16.5. The number of aromatic amines is 1. The molecule has 1 N–H and O–H groups in total. The number of hydrogen-bond acceptors (Lipinski definition) is 4. The number of allylic oxidation sites excluding steroid dienone is 1. The van der Waals surface area contributed by atoms with Crippen molar-refractivity contribution in [1.29, 1.82) is 0 Å². The molecule has 3 aromatic rings. The number of benzene rings is 2. The first-order valence-corrected chi connectivity index (χ1v) is 8.17. The van der Waals surface area contributed by atoms with Gasteiger partial charge in [0.2, 0.25) is 5.75 Å². The van der Waals surface area contributed by atoms with Crippen LogP contribution < -0.4 is 14.2 Å². The molecule has 0 aliphatic rings. The average molecular weight is 351 g/mol. The van der Waals surface area contributed by atoms with E-state index in [0.29, 0.717) is 22.8 Å². The summed E-state index contributed by atoms with van der Waals surface area (Å²) < 4.78 is 15.9. The van der Waals surface area contributed by atoms with Crippen molar-refractivity contribution in [2.24, 2.45) is 0 Å². The maximum absolute atomic E-state index is 12.6. The van der Waals surface area contributed by atoms with Crippen molar-refractivity contribution >= 4 is 22.8 Å². The minimum Gasteiger partial charge on any atom is -0.493 e. The lowest BCUT2D eigenvalue weighted by Crippen LogP contribution is -2.00. The van der Waals surface area contributed by atoms with Crippen molar-refractivity contribution in [3.8, 4) is 17.2 Å². The third-order valence-corrected chi connectivity index (χ3v) is 4.23.